The van der Waals surface area contributed by atoms with Crippen LogP contribution in [0, 0.1) is 0 Å². The first-order chi connectivity index (χ1) is 34.6. The van der Waals surface area contributed by atoms with Gasteiger partial charge in [0, 0.05) is 19.3 Å². The van der Waals surface area contributed by atoms with Crippen LogP contribution in [0.3, 0.4) is 0 Å². The van der Waals surface area contributed by atoms with E-state index in [4.69, 9.17) is 23.7 Å². The summed E-state index contributed by atoms with van der Waals surface area (Å²) < 4.78 is 28.4. The Morgan fingerprint density at radius 3 is 1.21 bits per heavy atom. The Hall–Kier alpha value is -2.80. The Balaban J connectivity index is 2.67. The number of rotatable bonds is 50. The molecule has 414 valence electrons. The number of carboxylic acid groups (broad SMARTS) is 1. The monoisotopic (exact) mass is 1010 g/mol. The molecule has 0 aliphatic carbocycles. The number of hydrogen-bond donors (Lipinski definition) is 3. The molecule has 1 saturated heterocycles. The average molecular weight is 1010 g/mol. The molecule has 0 aromatic carbocycles. The van der Waals surface area contributed by atoms with E-state index in [1.54, 1.807) is 0 Å². The van der Waals surface area contributed by atoms with Gasteiger partial charge in [-0.3, -0.25) is 14.4 Å². The molecule has 1 fully saturated rings. The number of hydrogen-bond acceptors (Lipinski definition) is 11. The molecule has 0 aromatic rings. The highest BCUT2D eigenvalue weighted by atomic mass is 16.7. The second-order valence-electron chi connectivity index (χ2n) is 20.3. The summed E-state index contributed by atoms with van der Waals surface area (Å²) in [6.07, 6.45) is 41.5. The van der Waals surface area contributed by atoms with E-state index in [9.17, 15) is 34.5 Å². The molecule has 0 bridgehead atoms. The van der Waals surface area contributed by atoms with Gasteiger partial charge in [0.05, 0.1) is 6.61 Å². The van der Waals surface area contributed by atoms with Crippen molar-refractivity contribution in [2.45, 2.75) is 314 Å². The van der Waals surface area contributed by atoms with Crippen LogP contribution in [0.1, 0.15) is 278 Å². The molecule has 6 atom stereocenters. The first-order valence-electron chi connectivity index (χ1n) is 29.3. The van der Waals surface area contributed by atoms with Crippen LogP contribution in [0.25, 0.3) is 0 Å². The standard InChI is InChI=1S/C59H106O12/c1-4-7-10-13-16-19-22-24-25-26-27-29-31-33-36-39-42-45-51(60)67-48-50(69-52(61)46-43-40-37-34-30-21-18-15-12-9-6-3)49-68-59-57(55(64)54(63)56(71-59)58(65)66)70-53(62)47-44-41-38-35-32-28-23-20-17-14-11-8-5-2/h20,23-25,50,54-57,59,63-64H,4-19,21-22,26-49H2,1-3H3,(H,65,66)/b23-20-,25-24-. The third-order valence-corrected chi connectivity index (χ3v) is 13.5. The minimum atomic E-state index is -1.90. The SMILES string of the molecule is CCCCCC/C=C\CCCCCCCC(=O)OC1C(OCC(COC(=O)CCCCCCCCC/C=C\CCCCCCCC)OC(=O)CCCCCCCCCCCCC)OC(C(=O)O)C(O)C1O. The van der Waals surface area contributed by atoms with Crippen LogP contribution in [-0.4, -0.2) is 89.2 Å². The number of carbonyl (C=O) groups excluding carboxylic acids is 3. The van der Waals surface area contributed by atoms with E-state index < -0.39 is 67.3 Å². The Bertz CT molecular complexity index is 1340. The molecule has 1 heterocycles. The van der Waals surface area contributed by atoms with Crippen molar-refractivity contribution in [2.75, 3.05) is 13.2 Å². The van der Waals surface area contributed by atoms with Crippen LogP contribution in [0.4, 0.5) is 0 Å². The summed E-state index contributed by atoms with van der Waals surface area (Å²) >= 11 is 0. The van der Waals surface area contributed by atoms with Gasteiger partial charge >= 0.3 is 23.9 Å². The van der Waals surface area contributed by atoms with Gasteiger partial charge in [0.1, 0.15) is 18.8 Å². The summed E-state index contributed by atoms with van der Waals surface area (Å²) in [5.41, 5.74) is 0. The van der Waals surface area contributed by atoms with E-state index in [0.717, 1.165) is 83.5 Å². The molecule has 1 aliphatic rings. The number of aliphatic hydroxyl groups is 2. The molecule has 0 spiro atoms. The molecular formula is C59H106O12. The smallest absolute Gasteiger partial charge is 0.335 e. The number of carboxylic acids is 1. The predicted octanol–water partition coefficient (Wildman–Crippen LogP) is 14.7. The Morgan fingerprint density at radius 2 is 0.803 bits per heavy atom. The summed E-state index contributed by atoms with van der Waals surface area (Å²) in [5.74, 6) is -3.11. The molecule has 12 heteroatoms. The average Bonchev–Trinajstić information content (AvgIpc) is 3.35. The highest BCUT2D eigenvalue weighted by Crippen LogP contribution is 2.26. The third kappa shape index (κ3) is 38.4. The van der Waals surface area contributed by atoms with Gasteiger partial charge in [-0.1, -0.05) is 212 Å². The number of aliphatic hydroxyl groups excluding tert-OH is 2. The van der Waals surface area contributed by atoms with Gasteiger partial charge in [0.2, 0.25) is 0 Å². The van der Waals surface area contributed by atoms with E-state index in [0.29, 0.717) is 19.3 Å². The quantitative estimate of drug-likeness (QED) is 0.0228. The van der Waals surface area contributed by atoms with Gasteiger partial charge in [-0.25, -0.2) is 4.79 Å². The van der Waals surface area contributed by atoms with Crippen molar-refractivity contribution in [3.8, 4) is 0 Å². The summed E-state index contributed by atoms with van der Waals surface area (Å²) in [6, 6.07) is 0. The van der Waals surface area contributed by atoms with Crippen molar-refractivity contribution < 1.29 is 58.2 Å². The largest absolute Gasteiger partial charge is 0.479 e. The number of ether oxygens (including phenoxy) is 5. The number of carbonyl (C=O) groups is 4. The van der Waals surface area contributed by atoms with Crippen LogP contribution >= 0.6 is 0 Å². The number of unbranched alkanes of at least 4 members (excludes halogenated alkanes) is 32. The maximum Gasteiger partial charge on any atom is 0.335 e. The molecular weight excluding hydrogens is 901 g/mol. The topological polar surface area (TPSA) is 175 Å². The van der Waals surface area contributed by atoms with Crippen LogP contribution in [-0.2, 0) is 42.9 Å². The molecule has 71 heavy (non-hydrogen) atoms. The van der Waals surface area contributed by atoms with E-state index in [-0.39, 0.29) is 25.9 Å². The van der Waals surface area contributed by atoms with Crippen molar-refractivity contribution in [3.63, 3.8) is 0 Å². The first kappa shape index (κ1) is 66.2. The Morgan fingerprint density at radius 1 is 0.451 bits per heavy atom. The van der Waals surface area contributed by atoms with Gasteiger partial charge in [0.15, 0.2) is 24.6 Å². The minimum absolute atomic E-state index is 0.0541. The lowest BCUT2D eigenvalue weighted by molar-refractivity contribution is -0.301. The highest BCUT2D eigenvalue weighted by molar-refractivity contribution is 5.74. The van der Waals surface area contributed by atoms with Gasteiger partial charge in [-0.2, -0.15) is 0 Å². The molecule has 1 rings (SSSR count). The van der Waals surface area contributed by atoms with Crippen LogP contribution in [0.5, 0.6) is 0 Å². The molecule has 12 nitrogen and oxygen atoms in total. The fourth-order valence-electron chi connectivity index (χ4n) is 8.95. The van der Waals surface area contributed by atoms with E-state index in [1.165, 1.54) is 135 Å². The first-order valence-corrected chi connectivity index (χ1v) is 29.3. The van der Waals surface area contributed by atoms with Gasteiger partial charge < -0.3 is 39.0 Å². The minimum Gasteiger partial charge on any atom is -0.479 e. The fraction of sp³-hybridized carbons (Fsp3) is 0.864. The third-order valence-electron chi connectivity index (χ3n) is 13.5. The molecule has 6 unspecified atom stereocenters. The number of allylic oxidation sites excluding steroid dienone is 4. The van der Waals surface area contributed by atoms with Crippen molar-refractivity contribution in [1.82, 2.24) is 0 Å². The Kier molecular flexibility index (Phi) is 44.9. The second-order valence-corrected chi connectivity index (χ2v) is 20.3. The summed E-state index contributed by atoms with van der Waals surface area (Å²) in [7, 11) is 0. The maximum atomic E-state index is 13.1. The van der Waals surface area contributed by atoms with Crippen molar-refractivity contribution in [3.05, 3.63) is 24.3 Å². The zero-order valence-corrected chi connectivity index (χ0v) is 45.5. The lowest BCUT2D eigenvalue weighted by Gasteiger charge is -2.40. The number of esters is 3. The van der Waals surface area contributed by atoms with Crippen molar-refractivity contribution in [2.24, 2.45) is 0 Å². The van der Waals surface area contributed by atoms with E-state index >= 15 is 0 Å². The Labute approximate surface area is 432 Å². The zero-order valence-electron chi connectivity index (χ0n) is 45.5. The van der Waals surface area contributed by atoms with Crippen molar-refractivity contribution in [1.29, 1.82) is 0 Å². The second kappa shape index (κ2) is 48.2. The van der Waals surface area contributed by atoms with Gasteiger partial charge in [0.25, 0.3) is 0 Å². The van der Waals surface area contributed by atoms with Crippen LogP contribution < -0.4 is 0 Å². The summed E-state index contributed by atoms with van der Waals surface area (Å²) in [4.78, 5) is 51.0. The summed E-state index contributed by atoms with van der Waals surface area (Å²) in [5, 5.41) is 31.4. The summed E-state index contributed by atoms with van der Waals surface area (Å²) in [6.45, 7) is 5.97. The predicted molar refractivity (Wildman–Crippen MR) is 285 cm³/mol. The molecule has 0 aromatic heterocycles. The molecule has 3 N–H and O–H groups in total. The number of aliphatic carboxylic acids is 1. The highest BCUT2D eigenvalue weighted by Gasteiger charge is 2.50. The molecule has 0 amide bonds. The van der Waals surface area contributed by atoms with Gasteiger partial charge in [-0.05, 0) is 70.6 Å². The molecule has 0 saturated carbocycles. The normalized spacial score (nSPS) is 18.6. The lowest BCUT2D eigenvalue weighted by atomic mass is 9.98. The van der Waals surface area contributed by atoms with Gasteiger partial charge in [-0.15, -0.1) is 0 Å². The van der Waals surface area contributed by atoms with Crippen LogP contribution in [0.2, 0.25) is 0 Å². The molecule has 0 radical (unpaired) electrons. The van der Waals surface area contributed by atoms with E-state index in [1.807, 2.05) is 0 Å². The lowest BCUT2D eigenvalue weighted by Crippen LogP contribution is -2.61. The maximum absolute atomic E-state index is 13.1. The molecule has 1 aliphatic heterocycles. The van der Waals surface area contributed by atoms with Crippen molar-refractivity contribution >= 4 is 23.9 Å². The zero-order chi connectivity index (χ0) is 51.8. The van der Waals surface area contributed by atoms with E-state index in [2.05, 4.69) is 45.1 Å². The van der Waals surface area contributed by atoms with Crippen LogP contribution in [0.15, 0.2) is 24.3 Å². The fourth-order valence-corrected chi connectivity index (χ4v) is 8.95.